The molecule has 0 radical (unpaired) electrons. The average Bonchev–Trinajstić information content (AvgIpc) is 2.12. The summed E-state index contributed by atoms with van der Waals surface area (Å²) in [5.41, 5.74) is -0.427. The monoisotopic (exact) mass is 256 g/mol. The fraction of sp³-hybridized carbons (Fsp3) is 0.500. The Kier molecular flexibility index (Phi) is 9.61. The van der Waals surface area contributed by atoms with Gasteiger partial charge in [-0.05, 0) is 6.92 Å². The Bertz CT molecular complexity index is 334. The van der Waals surface area contributed by atoms with Gasteiger partial charge in [-0.1, -0.05) is 6.58 Å². The van der Waals surface area contributed by atoms with Crippen LogP contribution in [0.3, 0.4) is 0 Å². The van der Waals surface area contributed by atoms with E-state index in [1.54, 1.807) is 0 Å². The summed E-state index contributed by atoms with van der Waals surface area (Å²) < 4.78 is 43.3. The van der Waals surface area contributed by atoms with Crippen molar-refractivity contribution in [2.45, 2.75) is 6.92 Å². The Labute approximate surface area is 92.8 Å². The summed E-state index contributed by atoms with van der Waals surface area (Å²) in [5, 5.41) is 0. The zero-order valence-corrected chi connectivity index (χ0v) is 9.50. The first kappa shape index (κ1) is 17.1. The lowest BCUT2D eigenvalue weighted by Crippen LogP contribution is -2.16. The van der Waals surface area contributed by atoms with Crippen LogP contribution in [-0.2, 0) is 24.4 Å². The molecule has 0 aromatic rings. The van der Waals surface area contributed by atoms with Gasteiger partial charge in [0.2, 0.25) is 0 Å². The van der Waals surface area contributed by atoms with Crippen LogP contribution in [0, 0.1) is 0 Å². The van der Waals surface area contributed by atoms with E-state index in [0.717, 1.165) is 0 Å². The second-order valence-electron chi connectivity index (χ2n) is 2.36. The molecule has 0 aromatic carbocycles. The lowest BCUT2D eigenvalue weighted by molar-refractivity contribution is -0.141. The highest BCUT2D eigenvalue weighted by molar-refractivity contribution is 7.86. The van der Waals surface area contributed by atoms with Crippen LogP contribution in [0.25, 0.3) is 0 Å². The Morgan fingerprint density at radius 1 is 1.56 bits per heavy atom. The number of carbonyl (C=O) groups excluding carboxylic acids is 2. The van der Waals surface area contributed by atoms with Crippen LogP contribution in [-0.4, -0.2) is 44.3 Å². The van der Waals surface area contributed by atoms with Crippen molar-refractivity contribution in [2.24, 2.45) is 0 Å². The van der Waals surface area contributed by atoms with Gasteiger partial charge in [0.25, 0.3) is 10.1 Å². The van der Waals surface area contributed by atoms with Gasteiger partial charge in [-0.3, -0.25) is 13.7 Å². The molecule has 0 aromatic heterocycles. The summed E-state index contributed by atoms with van der Waals surface area (Å²) >= 11 is 0. The molecule has 94 valence electrons. The molecule has 1 N–H and O–H groups in total. The summed E-state index contributed by atoms with van der Waals surface area (Å²) in [4.78, 5) is 20.5. The van der Waals surface area contributed by atoms with Gasteiger partial charge in [0.1, 0.15) is 12.4 Å². The quantitative estimate of drug-likeness (QED) is 0.325. The van der Waals surface area contributed by atoms with Crippen LogP contribution in [0.2, 0.25) is 0 Å². The molecule has 0 bridgehead atoms. The van der Waals surface area contributed by atoms with Gasteiger partial charge in [-0.15, -0.1) is 0 Å². The Hall–Kier alpha value is -1.28. The van der Waals surface area contributed by atoms with Crippen molar-refractivity contribution in [1.29, 1.82) is 0 Å². The lowest BCUT2D eigenvalue weighted by Gasteiger charge is -2.01. The van der Waals surface area contributed by atoms with Gasteiger partial charge in [0.05, 0.1) is 6.67 Å². The van der Waals surface area contributed by atoms with Crippen LogP contribution >= 0.6 is 0 Å². The predicted molar refractivity (Wildman–Crippen MR) is 54.2 cm³/mol. The Balaban J connectivity index is 0. The molecule has 0 fully saturated rings. The van der Waals surface area contributed by atoms with Gasteiger partial charge in [0, 0.05) is 5.57 Å². The fourth-order valence-corrected chi connectivity index (χ4v) is 1.05. The highest BCUT2D eigenvalue weighted by atomic mass is 32.2. The zero-order chi connectivity index (χ0) is 13.2. The molecule has 8 heteroatoms. The molecule has 0 unspecified atom stereocenters. The number of halogens is 1. The van der Waals surface area contributed by atoms with Gasteiger partial charge in [-0.25, -0.2) is 4.79 Å². The van der Waals surface area contributed by atoms with Crippen LogP contribution in [0.4, 0.5) is 4.39 Å². The number of carbonyl (C=O) groups is 2. The maximum Gasteiger partial charge on any atom is 0.334 e. The Morgan fingerprint density at radius 2 is 2.00 bits per heavy atom. The average molecular weight is 256 g/mol. The summed E-state index contributed by atoms with van der Waals surface area (Å²) in [6, 6.07) is 0. The third-order valence-electron chi connectivity index (χ3n) is 0.928. The molecule has 0 amide bonds. The first-order valence-corrected chi connectivity index (χ1v) is 5.69. The molecule has 0 atom stereocenters. The highest BCUT2D eigenvalue weighted by Gasteiger charge is 2.15. The van der Waals surface area contributed by atoms with E-state index in [2.05, 4.69) is 11.3 Å². The van der Waals surface area contributed by atoms with Crippen LogP contribution in [0.15, 0.2) is 12.2 Å². The first-order chi connectivity index (χ1) is 7.28. The molecule has 0 aliphatic heterocycles. The van der Waals surface area contributed by atoms with Crippen molar-refractivity contribution < 1.29 is 31.7 Å². The van der Waals surface area contributed by atoms with Crippen LogP contribution in [0.1, 0.15) is 6.92 Å². The number of esters is 1. The maximum absolute atomic E-state index is 10.7. The van der Waals surface area contributed by atoms with Gasteiger partial charge in [-0.2, -0.15) is 8.42 Å². The predicted octanol–water partition coefficient (Wildman–Crippen LogP) is 0.148. The molecular formula is C8H13FO6S. The molecule has 0 heterocycles. The number of hydrogen-bond donors (Lipinski definition) is 1. The molecule has 0 rings (SSSR count). The van der Waals surface area contributed by atoms with E-state index in [9.17, 15) is 22.4 Å². The number of hydrogen-bond acceptors (Lipinski definition) is 5. The minimum Gasteiger partial charge on any atom is -0.455 e. The largest absolute Gasteiger partial charge is 0.455 e. The maximum atomic E-state index is 10.7. The summed E-state index contributed by atoms with van der Waals surface area (Å²) in [6.45, 7) is 3.80. The SMILES string of the molecule is C=C(CS(=O)(=O)O)C(=O)OCC=O.CCF. The third-order valence-corrected chi connectivity index (χ3v) is 1.64. The van der Waals surface area contributed by atoms with E-state index in [4.69, 9.17) is 4.55 Å². The van der Waals surface area contributed by atoms with Crippen molar-refractivity contribution >= 4 is 22.4 Å². The van der Waals surface area contributed by atoms with Crippen molar-refractivity contribution in [3.8, 4) is 0 Å². The summed E-state index contributed by atoms with van der Waals surface area (Å²) in [7, 11) is -4.28. The second-order valence-corrected chi connectivity index (χ2v) is 3.81. The molecule has 0 spiro atoms. The van der Waals surface area contributed by atoms with Gasteiger partial charge in [0.15, 0.2) is 6.29 Å². The van der Waals surface area contributed by atoms with Crippen molar-refractivity contribution in [1.82, 2.24) is 0 Å². The highest BCUT2D eigenvalue weighted by Crippen LogP contribution is 1.98. The number of aldehydes is 1. The van der Waals surface area contributed by atoms with Crippen molar-refractivity contribution in [2.75, 3.05) is 19.0 Å². The van der Waals surface area contributed by atoms with E-state index >= 15 is 0 Å². The number of ether oxygens (including phenoxy) is 1. The van der Waals surface area contributed by atoms with E-state index in [0.29, 0.717) is 6.29 Å². The third kappa shape index (κ3) is 12.7. The summed E-state index contributed by atoms with van der Waals surface area (Å²) in [5.74, 6) is -1.92. The van der Waals surface area contributed by atoms with E-state index in [-0.39, 0.29) is 6.67 Å². The molecule has 6 nitrogen and oxygen atoms in total. The normalized spacial score (nSPS) is 9.69. The number of rotatable bonds is 5. The van der Waals surface area contributed by atoms with Crippen LogP contribution < -0.4 is 0 Å². The molecule has 0 aliphatic rings. The second kappa shape index (κ2) is 8.98. The minimum absolute atomic E-state index is 0.250. The van der Waals surface area contributed by atoms with Gasteiger partial charge >= 0.3 is 5.97 Å². The van der Waals surface area contributed by atoms with E-state index in [1.165, 1.54) is 6.92 Å². The molecule has 0 saturated heterocycles. The molecular weight excluding hydrogens is 243 g/mol. The zero-order valence-electron chi connectivity index (χ0n) is 8.68. The van der Waals surface area contributed by atoms with Crippen molar-refractivity contribution in [3.63, 3.8) is 0 Å². The molecule has 0 aliphatic carbocycles. The van der Waals surface area contributed by atoms with Crippen LogP contribution in [0.5, 0.6) is 0 Å². The smallest absolute Gasteiger partial charge is 0.334 e. The standard InChI is InChI=1S/C6H8O6S.C2H5F/c1-5(4-13(9,10)11)6(8)12-3-2-7;1-2-3/h2H,1,3-4H2,(H,9,10,11);2H2,1H3. The van der Waals surface area contributed by atoms with Gasteiger partial charge < -0.3 is 4.74 Å². The summed E-state index contributed by atoms with van der Waals surface area (Å²) in [6.07, 6.45) is 0.332. The molecule has 0 saturated carbocycles. The Morgan fingerprint density at radius 3 is 2.31 bits per heavy atom. The minimum atomic E-state index is -4.28. The number of alkyl halides is 1. The van der Waals surface area contributed by atoms with E-state index < -0.39 is 34.0 Å². The lowest BCUT2D eigenvalue weighted by atomic mass is 10.4. The van der Waals surface area contributed by atoms with Crippen molar-refractivity contribution in [3.05, 3.63) is 12.2 Å². The topological polar surface area (TPSA) is 97.7 Å². The first-order valence-electron chi connectivity index (χ1n) is 4.08. The van der Waals surface area contributed by atoms with E-state index in [1.807, 2.05) is 0 Å². The fourth-order valence-electron chi connectivity index (χ4n) is 0.491. The molecule has 16 heavy (non-hydrogen) atoms.